The molecule has 0 amide bonds. The highest BCUT2D eigenvalue weighted by Gasteiger charge is 2.07. The Hall–Kier alpha value is -0.950. The van der Waals surface area contributed by atoms with Gasteiger partial charge in [0.1, 0.15) is 16.6 Å². The van der Waals surface area contributed by atoms with Gasteiger partial charge >= 0.3 is 0 Å². The summed E-state index contributed by atoms with van der Waals surface area (Å²) in [6, 6.07) is 7.25. The van der Waals surface area contributed by atoms with Gasteiger partial charge in [0.25, 0.3) is 0 Å². The Balaban J connectivity index is 2.34. The number of nitrogens with two attached hydrogens (primary N) is 1. The van der Waals surface area contributed by atoms with E-state index in [4.69, 9.17) is 15.0 Å². The molecule has 0 saturated carbocycles. The van der Waals surface area contributed by atoms with Crippen molar-refractivity contribution in [3.05, 3.63) is 24.3 Å². The average molecular weight is 257 g/mol. The van der Waals surface area contributed by atoms with E-state index in [2.05, 4.69) is 0 Å². The second kappa shape index (κ2) is 4.92. The summed E-state index contributed by atoms with van der Waals surface area (Å²) in [6.07, 6.45) is 0. The van der Waals surface area contributed by atoms with Gasteiger partial charge in [0.05, 0.1) is 0 Å². The SMILES string of the molecule is NCCOc1ccc2sc(S(=O)O)cc2c1. The first-order valence-corrected chi connectivity index (χ1v) is 6.60. The van der Waals surface area contributed by atoms with Crippen LogP contribution in [0.2, 0.25) is 0 Å². The lowest BCUT2D eigenvalue weighted by Gasteiger charge is -2.03. The van der Waals surface area contributed by atoms with Gasteiger partial charge in [-0.05, 0) is 29.7 Å². The number of benzene rings is 1. The maximum atomic E-state index is 10.9. The van der Waals surface area contributed by atoms with E-state index in [1.54, 1.807) is 6.07 Å². The maximum Gasteiger partial charge on any atom is 0.196 e. The van der Waals surface area contributed by atoms with E-state index in [0.717, 1.165) is 15.8 Å². The number of hydrogen-bond donors (Lipinski definition) is 2. The molecule has 0 aliphatic rings. The van der Waals surface area contributed by atoms with Gasteiger partial charge in [-0.1, -0.05) is 0 Å². The highest BCUT2D eigenvalue weighted by Crippen LogP contribution is 2.30. The van der Waals surface area contributed by atoms with Crippen molar-refractivity contribution in [1.29, 1.82) is 0 Å². The molecule has 0 aliphatic carbocycles. The molecule has 16 heavy (non-hydrogen) atoms. The van der Waals surface area contributed by atoms with Crippen LogP contribution in [-0.4, -0.2) is 21.9 Å². The standard InChI is InChI=1S/C10H11NO3S2/c11-3-4-14-8-1-2-9-7(5-8)6-10(15-9)16(12)13/h1-2,5-6H,3-4,11H2,(H,12,13). The molecule has 0 bridgehead atoms. The summed E-state index contributed by atoms with van der Waals surface area (Å²) in [5.74, 6) is 0.728. The summed E-state index contributed by atoms with van der Waals surface area (Å²) >= 11 is -0.608. The third kappa shape index (κ3) is 2.41. The molecular formula is C10H11NO3S2. The smallest absolute Gasteiger partial charge is 0.196 e. The summed E-state index contributed by atoms with van der Waals surface area (Å²) < 4.78 is 26.7. The van der Waals surface area contributed by atoms with E-state index in [9.17, 15) is 4.21 Å². The van der Waals surface area contributed by atoms with Crippen molar-refractivity contribution in [1.82, 2.24) is 0 Å². The van der Waals surface area contributed by atoms with Gasteiger partial charge in [-0.15, -0.1) is 11.3 Å². The molecule has 1 heterocycles. The van der Waals surface area contributed by atoms with Crippen LogP contribution in [-0.2, 0) is 11.1 Å². The quantitative estimate of drug-likeness (QED) is 0.819. The lowest BCUT2D eigenvalue weighted by molar-refractivity contribution is 0.329. The van der Waals surface area contributed by atoms with E-state index in [-0.39, 0.29) is 0 Å². The number of ether oxygens (including phenoxy) is 1. The Morgan fingerprint density at radius 2 is 2.25 bits per heavy atom. The van der Waals surface area contributed by atoms with Crippen LogP contribution in [0.5, 0.6) is 5.75 Å². The van der Waals surface area contributed by atoms with Crippen LogP contribution in [0.1, 0.15) is 0 Å². The zero-order valence-corrected chi connectivity index (χ0v) is 10.0. The fraction of sp³-hybridized carbons (Fsp3) is 0.200. The molecule has 2 aromatic rings. The molecule has 0 saturated heterocycles. The average Bonchev–Trinajstić information content (AvgIpc) is 2.69. The van der Waals surface area contributed by atoms with Crippen molar-refractivity contribution >= 4 is 32.5 Å². The number of fused-ring (bicyclic) bond motifs is 1. The highest BCUT2D eigenvalue weighted by atomic mass is 32.2. The van der Waals surface area contributed by atoms with Crippen molar-refractivity contribution in [2.24, 2.45) is 5.73 Å². The second-order valence-electron chi connectivity index (χ2n) is 3.15. The summed E-state index contributed by atoms with van der Waals surface area (Å²) in [6.45, 7) is 0.933. The minimum absolute atomic E-state index is 0.450. The fourth-order valence-electron chi connectivity index (χ4n) is 1.35. The third-order valence-corrected chi connectivity index (χ3v) is 4.07. The molecule has 1 atom stereocenters. The monoisotopic (exact) mass is 257 g/mol. The highest BCUT2D eigenvalue weighted by molar-refractivity contribution is 7.82. The topological polar surface area (TPSA) is 72.5 Å². The van der Waals surface area contributed by atoms with E-state index < -0.39 is 11.1 Å². The summed E-state index contributed by atoms with van der Waals surface area (Å²) in [4.78, 5) is 0. The van der Waals surface area contributed by atoms with Gasteiger partial charge in [0.15, 0.2) is 11.1 Å². The predicted octanol–water partition coefficient (Wildman–Crippen LogP) is 1.82. The second-order valence-corrected chi connectivity index (χ2v) is 5.43. The van der Waals surface area contributed by atoms with Crippen molar-refractivity contribution in [2.75, 3.05) is 13.2 Å². The van der Waals surface area contributed by atoms with Crippen molar-refractivity contribution in [2.45, 2.75) is 4.21 Å². The van der Waals surface area contributed by atoms with Gasteiger partial charge in [-0.25, -0.2) is 4.21 Å². The van der Waals surface area contributed by atoms with Gasteiger partial charge in [-0.3, -0.25) is 0 Å². The van der Waals surface area contributed by atoms with Crippen LogP contribution in [0.3, 0.4) is 0 Å². The molecule has 0 radical (unpaired) electrons. The van der Waals surface area contributed by atoms with Crippen LogP contribution in [0.15, 0.2) is 28.5 Å². The molecule has 6 heteroatoms. The van der Waals surface area contributed by atoms with Crippen LogP contribution >= 0.6 is 11.3 Å². The van der Waals surface area contributed by atoms with E-state index in [1.165, 1.54) is 11.3 Å². The third-order valence-electron chi connectivity index (χ3n) is 2.02. The number of hydrogen-bond acceptors (Lipinski definition) is 4. The largest absolute Gasteiger partial charge is 0.492 e. The Morgan fingerprint density at radius 3 is 2.94 bits per heavy atom. The Bertz CT molecular complexity index is 524. The summed E-state index contributed by atoms with van der Waals surface area (Å²) in [7, 11) is 0. The van der Waals surface area contributed by atoms with Gasteiger partial charge < -0.3 is 15.0 Å². The van der Waals surface area contributed by atoms with Crippen molar-refractivity contribution in [3.63, 3.8) is 0 Å². The number of rotatable bonds is 4. The Labute approximate surface area is 99.3 Å². The molecule has 86 valence electrons. The molecule has 1 unspecified atom stereocenters. The Morgan fingerprint density at radius 1 is 1.44 bits per heavy atom. The predicted molar refractivity (Wildman–Crippen MR) is 65.4 cm³/mol. The zero-order valence-electron chi connectivity index (χ0n) is 8.38. The zero-order chi connectivity index (χ0) is 11.5. The van der Waals surface area contributed by atoms with Crippen LogP contribution in [0.4, 0.5) is 0 Å². The minimum Gasteiger partial charge on any atom is -0.492 e. The molecule has 0 spiro atoms. The summed E-state index contributed by atoms with van der Waals surface area (Å²) in [5.41, 5.74) is 5.34. The number of thiophene rings is 1. The molecular weight excluding hydrogens is 246 g/mol. The van der Waals surface area contributed by atoms with Crippen molar-refractivity contribution in [3.8, 4) is 5.75 Å². The fourth-order valence-corrected chi connectivity index (χ4v) is 2.91. The van der Waals surface area contributed by atoms with Crippen LogP contribution in [0, 0.1) is 0 Å². The van der Waals surface area contributed by atoms with E-state index in [0.29, 0.717) is 17.4 Å². The lowest BCUT2D eigenvalue weighted by atomic mass is 10.2. The normalized spacial score (nSPS) is 12.9. The lowest BCUT2D eigenvalue weighted by Crippen LogP contribution is -2.10. The van der Waals surface area contributed by atoms with Crippen LogP contribution in [0.25, 0.3) is 10.1 Å². The molecule has 1 aromatic heterocycles. The van der Waals surface area contributed by atoms with Gasteiger partial charge in [0, 0.05) is 11.2 Å². The minimum atomic E-state index is -1.92. The molecule has 4 nitrogen and oxygen atoms in total. The van der Waals surface area contributed by atoms with E-state index >= 15 is 0 Å². The molecule has 3 N–H and O–H groups in total. The molecule has 2 rings (SSSR count). The summed E-state index contributed by atoms with van der Waals surface area (Å²) in [5, 5.41) is 0.914. The first-order chi connectivity index (χ1) is 7.70. The Kier molecular flexibility index (Phi) is 3.55. The van der Waals surface area contributed by atoms with E-state index in [1.807, 2.05) is 18.2 Å². The van der Waals surface area contributed by atoms with Crippen LogP contribution < -0.4 is 10.5 Å². The molecule has 0 fully saturated rings. The van der Waals surface area contributed by atoms with Crippen molar-refractivity contribution < 1.29 is 13.5 Å². The first-order valence-electron chi connectivity index (χ1n) is 4.68. The maximum absolute atomic E-state index is 10.9. The van der Waals surface area contributed by atoms with Gasteiger partial charge in [0.2, 0.25) is 0 Å². The first kappa shape index (κ1) is 11.5. The van der Waals surface area contributed by atoms with Gasteiger partial charge in [-0.2, -0.15) is 0 Å². The molecule has 1 aromatic carbocycles. The molecule has 0 aliphatic heterocycles.